The summed E-state index contributed by atoms with van der Waals surface area (Å²) in [5, 5.41) is 2.82. The van der Waals surface area contributed by atoms with Crippen LogP contribution >= 0.6 is 0 Å². The van der Waals surface area contributed by atoms with E-state index in [0.717, 1.165) is 24.8 Å². The maximum absolute atomic E-state index is 13.3. The van der Waals surface area contributed by atoms with Crippen LogP contribution in [-0.2, 0) is 21.2 Å². The second-order valence-electron chi connectivity index (χ2n) is 8.02. The van der Waals surface area contributed by atoms with Crippen LogP contribution in [0.4, 0.5) is 0 Å². The maximum Gasteiger partial charge on any atom is 0.337 e. The van der Waals surface area contributed by atoms with E-state index in [1.165, 1.54) is 30.7 Å². The van der Waals surface area contributed by atoms with Crippen molar-refractivity contribution in [1.29, 1.82) is 0 Å². The van der Waals surface area contributed by atoms with Gasteiger partial charge in [0.25, 0.3) is 5.91 Å². The van der Waals surface area contributed by atoms with E-state index in [4.69, 9.17) is 4.74 Å². The summed E-state index contributed by atoms with van der Waals surface area (Å²) in [6.45, 7) is 2.71. The highest BCUT2D eigenvalue weighted by molar-refractivity contribution is 7.89. The molecule has 3 rings (SSSR count). The van der Waals surface area contributed by atoms with E-state index in [2.05, 4.69) is 10.1 Å². The zero-order valence-corrected chi connectivity index (χ0v) is 20.0. The lowest BCUT2D eigenvalue weighted by Gasteiger charge is -2.32. The van der Waals surface area contributed by atoms with Crippen molar-refractivity contribution in [2.24, 2.45) is 0 Å². The minimum Gasteiger partial charge on any atom is -0.495 e. The van der Waals surface area contributed by atoms with Crippen molar-refractivity contribution in [3.05, 3.63) is 59.2 Å². The molecular weight excluding hydrogens is 444 g/mol. The van der Waals surface area contributed by atoms with Gasteiger partial charge in [-0.25, -0.2) is 13.2 Å². The zero-order valence-electron chi connectivity index (χ0n) is 19.2. The molecule has 1 atom stereocenters. The molecule has 1 aliphatic rings. The Kier molecular flexibility index (Phi) is 8.10. The number of esters is 1. The minimum absolute atomic E-state index is 0.00444. The number of carbonyl (C=O) groups is 2. The summed E-state index contributed by atoms with van der Waals surface area (Å²) in [5.74, 6) is -0.555. The van der Waals surface area contributed by atoms with Crippen molar-refractivity contribution in [2.75, 3.05) is 27.3 Å². The molecule has 0 spiro atoms. The van der Waals surface area contributed by atoms with Gasteiger partial charge in [-0.1, -0.05) is 18.6 Å². The lowest BCUT2D eigenvalue weighted by molar-refractivity contribution is 0.0600. The van der Waals surface area contributed by atoms with Crippen molar-refractivity contribution in [2.45, 2.75) is 43.5 Å². The van der Waals surface area contributed by atoms with Gasteiger partial charge in [-0.3, -0.25) is 4.79 Å². The smallest absolute Gasteiger partial charge is 0.337 e. The Morgan fingerprint density at radius 1 is 1.06 bits per heavy atom. The SMILES string of the molecule is COC(=O)c1ccc(CCNC(=O)c2ccc(OC)c(S(=O)(=O)N3CCCCC3C)c2)cc1. The number of sulfonamides is 1. The second-order valence-corrected chi connectivity index (χ2v) is 9.88. The highest BCUT2D eigenvalue weighted by atomic mass is 32.2. The number of hydrogen-bond donors (Lipinski definition) is 1. The molecule has 8 nitrogen and oxygen atoms in total. The first kappa shape index (κ1) is 24.7. The molecule has 1 N–H and O–H groups in total. The Balaban J connectivity index is 1.70. The van der Waals surface area contributed by atoms with Crippen molar-refractivity contribution in [3.63, 3.8) is 0 Å². The van der Waals surface area contributed by atoms with Crippen LogP contribution in [0.2, 0.25) is 0 Å². The molecule has 33 heavy (non-hydrogen) atoms. The van der Waals surface area contributed by atoms with Crippen LogP contribution in [0, 0.1) is 0 Å². The summed E-state index contributed by atoms with van der Waals surface area (Å²) >= 11 is 0. The lowest BCUT2D eigenvalue weighted by Crippen LogP contribution is -2.42. The fraction of sp³-hybridized carbons (Fsp3) is 0.417. The largest absolute Gasteiger partial charge is 0.495 e. The molecule has 0 aliphatic carbocycles. The topological polar surface area (TPSA) is 102 Å². The standard InChI is InChI=1S/C24H30N2O6S/c1-17-6-4-5-15-26(17)33(29,30)22-16-20(11-12-21(22)31-2)23(27)25-14-13-18-7-9-19(10-8-18)24(28)32-3/h7-12,16-17H,4-6,13-15H2,1-3H3,(H,25,27). The van der Waals surface area contributed by atoms with E-state index < -0.39 is 16.0 Å². The van der Waals surface area contributed by atoms with Gasteiger partial charge in [-0.2, -0.15) is 4.31 Å². The van der Waals surface area contributed by atoms with Crippen LogP contribution in [0.25, 0.3) is 0 Å². The van der Waals surface area contributed by atoms with E-state index in [1.807, 2.05) is 6.92 Å². The van der Waals surface area contributed by atoms with Crippen LogP contribution in [0.5, 0.6) is 5.75 Å². The first-order valence-electron chi connectivity index (χ1n) is 10.9. The molecule has 0 aromatic heterocycles. The molecule has 9 heteroatoms. The first-order chi connectivity index (χ1) is 15.8. The van der Waals surface area contributed by atoms with Crippen LogP contribution in [0.3, 0.4) is 0 Å². The molecule has 1 heterocycles. The van der Waals surface area contributed by atoms with Crippen LogP contribution < -0.4 is 10.1 Å². The number of rotatable bonds is 8. The van der Waals surface area contributed by atoms with Crippen molar-refractivity contribution in [1.82, 2.24) is 9.62 Å². The molecule has 1 amide bonds. The number of hydrogen-bond acceptors (Lipinski definition) is 6. The highest BCUT2D eigenvalue weighted by Gasteiger charge is 2.33. The van der Waals surface area contributed by atoms with Gasteiger partial charge in [0.2, 0.25) is 10.0 Å². The van der Waals surface area contributed by atoms with E-state index in [-0.39, 0.29) is 28.2 Å². The highest BCUT2D eigenvalue weighted by Crippen LogP contribution is 2.31. The van der Waals surface area contributed by atoms with Gasteiger partial charge in [0.05, 0.1) is 19.8 Å². The quantitative estimate of drug-likeness (QED) is 0.590. The van der Waals surface area contributed by atoms with Gasteiger partial charge in [-0.05, 0) is 62.1 Å². The van der Waals surface area contributed by atoms with Gasteiger partial charge in [-0.15, -0.1) is 0 Å². The number of methoxy groups -OCH3 is 2. The maximum atomic E-state index is 13.3. The fourth-order valence-electron chi connectivity index (χ4n) is 3.92. The Morgan fingerprint density at radius 3 is 2.39 bits per heavy atom. The molecule has 1 fully saturated rings. The average Bonchev–Trinajstić information content (AvgIpc) is 2.83. The summed E-state index contributed by atoms with van der Waals surface area (Å²) in [7, 11) is -1.05. The Morgan fingerprint density at radius 2 is 1.76 bits per heavy atom. The number of ether oxygens (including phenoxy) is 2. The summed E-state index contributed by atoms with van der Waals surface area (Å²) < 4.78 is 38.1. The molecule has 1 unspecified atom stereocenters. The average molecular weight is 475 g/mol. The third-order valence-corrected chi connectivity index (χ3v) is 7.86. The molecule has 1 aliphatic heterocycles. The molecule has 0 saturated carbocycles. The first-order valence-corrected chi connectivity index (χ1v) is 12.4. The summed E-state index contributed by atoms with van der Waals surface area (Å²) in [6, 6.07) is 11.3. The van der Waals surface area contributed by atoms with Crippen molar-refractivity contribution in [3.8, 4) is 5.75 Å². The predicted octanol–water partition coefficient (Wildman–Crippen LogP) is 3.02. The Hall–Kier alpha value is -2.91. The zero-order chi connectivity index (χ0) is 24.0. The summed E-state index contributed by atoms with van der Waals surface area (Å²) in [4.78, 5) is 24.2. The van der Waals surface area contributed by atoms with E-state index in [9.17, 15) is 18.0 Å². The monoisotopic (exact) mass is 474 g/mol. The van der Waals surface area contributed by atoms with Crippen LogP contribution in [0.1, 0.15) is 52.5 Å². The number of amides is 1. The third kappa shape index (κ3) is 5.72. The van der Waals surface area contributed by atoms with Crippen molar-refractivity contribution >= 4 is 21.9 Å². The number of carbonyl (C=O) groups excluding carboxylic acids is 2. The molecule has 1 saturated heterocycles. The number of nitrogens with zero attached hydrogens (tertiary/aromatic N) is 1. The van der Waals surface area contributed by atoms with Crippen molar-refractivity contribution < 1.29 is 27.5 Å². The Bertz CT molecular complexity index is 1100. The van der Waals surface area contributed by atoms with Crippen LogP contribution in [-0.4, -0.2) is 58.0 Å². The summed E-state index contributed by atoms with van der Waals surface area (Å²) in [5.41, 5.74) is 1.65. The molecular formula is C24H30N2O6S. The molecule has 0 bridgehead atoms. The number of nitrogens with one attached hydrogen (secondary N) is 1. The Labute approximate surface area is 194 Å². The third-order valence-electron chi connectivity index (χ3n) is 5.83. The molecule has 2 aromatic carbocycles. The van der Waals surface area contributed by atoms with Gasteiger partial charge in [0.15, 0.2) is 0 Å². The second kappa shape index (κ2) is 10.8. The van der Waals surface area contributed by atoms with Gasteiger partial charge in [0.1, 0.15) is 10.6 Å². The van der Waals surface area contributed by atoms with E-state index in [0.29, 0.717) is 25.1 Å². The van der Waals surface area contributed by atoms with Gasteiger partial charge in [0, 0.05) is 24.7 Å². The molecule has 178 valence electrons. The van der Waals surface area contributed by atoms with E-state index in [1.54, 1.807) is 30.3 Å². The number of piperidine rings is 1. The number of benzene rings is 2. The molecule has 2 aromatic rings. The molecule has 0 radical (unpaired) electrons. The van der Waals surface area contributed by atoms with Crippen LogP contribution in [0.15, 0.2) is 47.4 Å². The van der Waals surface area contributed by atoms with Gasteiger partial charge < -0.3 is 14.8 Å². The predicted molar refractivity (Wildman–Crippen MR) is 124 cm³/mol. The summed E-state index contributed by atoms with van der Waals surface area (Å²) in [6.07, 6.45) is 3.17. The lowest BCUT2D eigenvalue weighted by atomic mass is 10.1. The van der Waals surface area contributed by atoms with Gasteiger partial charge >= 0.3 is 5.97 Å². The minimum atomic E-state index is -3.80. The van der Waals surface area contributed by atoms with E-state index >= 15 is 0 Å². The normalized spacial score (nSPS) is 16.8. The fourth-order valence-corrected chi connectivity index (χ4v) is 5.81.